The average molecular weight is 240 g/mol. The number of fused-ring (bicyclic) bond motifs is 1. The van der Waals surface area contributed by atoms with Crippen molar-refractivity contribution in [3.05, 3.63) is 47.5 Å². The molecule has 0 saturated heterocycles. The fourth-order valence-corrected chi connectivity index (χ4v) is 2.32. The van der Waals surface area contributed by atoms with Crippen molar-refractivity contribution in [2.75, 3.05) is 0 Å². The van der Waals surface area contributed by atoms with Crippen molar-refractivity contribution in [3.63, 3.8) is 0 Å². The van der Waals surface area contributed by atoms with Crippen molar-refractivity contribution < 1.29 is 4.79 Å². The predicted octanol–water partition coefficient (Wildman–Crippen LogP) is 4.77. The fourth-order valence-electron chi connectivity index (χ4n) is 2.32. The molecule has 1 heteroatoms. The molecule has 94 valence electrons. The zero-order valence-electron chi connectivity index (χ0n) is 11.6. The number of hydrogen-bond donors (Lipinski definition) is 0. The first-order valence-electron chi connectivity index (χ1n) is 6.40. The van der Waals surface area contributed by atoms with Gasteiger partial charge in [0.2, 0.25) is 0 Å². The summed E-state index contributed by atoms with van der Waals surface area (Å²) in [4.78, 5) is 12.5. The van der Waals surface area contributed by atoms with E-state index in [9.17, 15) is 4.79 Å². The topological polar surface area (TPSA) is 17.1 Å². The Labute approximate surface area is 109 Å². The van der Waals surface area contributed by atoms with Gasteiger partial charge in [-0.3, -0.25) is 4.79 Å². The molecule has 0 aliphatic rings. The van der Waals surface area contributed by atoms with Crippen molar-refractivity contribution in [1.29, 1.82) is 0 Å². The summed E-state index contributed by atoms with van der Waals surface area (Å²) in [6, 6.07) is 12.2. The Morgan fingerprint density at radius 2 is 1.72 bits per heavy atom. The summed E-state index contributed by atoms with van der Waals surface area (Å²) in [6.45, 7) is 8.32. The first-order valence-corrected chi connectivity index (χ1v) is 6.40. The maximum atomic E-state index is 12.5. The minimum Gasteiger partial charge on any atom is -0.294 e. The van der Waals surface area contributed by atoms with Gasteiger partial charge in [-0.1, -0.05) is 57.2 Å². The Bertz CT molecular complexity index is 588. The molecule has 0 amide bonds. The molecule has 0 unspecified atom stereocenters. The summed E-state index contributed by atoms with van der Waals surface area (Å²) in [5.41, 5.74) is 1.99. The van der Waals surface area contributed by atoms with Gasteiger partial charge in [0.05, 0.1) is 0 Å². The van der Waals surface area contributed by atoms with Crippen molar-refractivity contribution in [2.45, 2.75) is 34.1 Å². The van der Waals surface area contributed by atoms with Gasteiger partial charge in [0.15, 0.2) is 5.78 Å². The standard InChI is InChI=1S/C17H20O/c1-12-9-10-13-7-5-6-8-14(13)16(12)15(18)11-17(2,3)4/h5-10H,11H2,1-4H3. The third kappa shape index (κ3) is 2.61. The highest BCUT2D eigenvalue weighted by Crippen LogP contribution is 2.27. The molecule has 0 saturated carbocycles. The van der Waals surface area contributed by atoms with Crippen LogP contribution in [-0.2, 0) is 0 Å². The predicted molar refractivity (Wildman–Crippen MR) is 77.1 cm³/mol. The van der Waals surface area contributed by atoms with Gasteiger partial charge >= 0.3 is 0 Å². The summed E-state index contributed by atoms with van der Waals surface area (Å²) >= 11 is 0. The molecule has 0 aliphatic carbocycles. The molecule has 18 heavy (non-hydrogen) atoms. The van der Waals surface area contributed by atoms with Crippen LogP contribution in [0.15, 0.2) is 36.4 Å². The third-order valence-electron chi connectivity index (χ3n) is 3.11. The van der Waals surface area contributed by atoms with E-state index in [1.807, 2.05) is 31.2 Å². The zero-order valence-corrected chi connectivity index (χ0v) is 11.6. The lowest BCUT2D eigenvalue weighted by Crippen LogP contribution is -2.14. The van der Waals surface area contributed by atoms with Gasteiger partial charge in [0, 0.05) is 12.0 Å². The first kappa shape index (κ1) is 12.8. The summed E-state index contributed by atoms with van der Waals surface area (Å²) in [5, 5.41) is 2.21. The summed E-state index contributed by atoms with van der Waals surface area (Å²) in [7, 11) is 0. The van der Waals surface area contributed by atoms with Crippen LogP contribution < -0.4 is 0 Å². The molecule has 0 fully saturated rings. The molecule has 0 atom stereocenters. The second kappa shape index (κ2) is 4.56. The molecule has 0 N–H and O–H groups in total. The van der Waals surface area contributed by atoms with Crippen LogP contribution in [-0.4, -0.2) is 5.78 Å². The quantitative estimate of drug-likeness (QED) is 0.691. The largest absolute Gasteiger partial charge is 0.294 e. The van der Waals surface area contributed by atoms with Gasteiger partial charge in [0.25, 0.3) is 0 Å². The molecule has 0 radical (unpaired) electrons. The lowest BCUT2D eigenvalue weighted by atomic mass is 9.85. The van der Waals surface area contributed by atoms with Crippen molar-refractivity contribution in [1.82, 2.24) is 0 Å². The second-order valence-electron chi connectivity index (χ2n) is 6.14. The van der Waals surface area contributed by atoms with Gasteiger partial charge in [-0.25, -0.2) is 0 Å². The Balaban J connectivity index is 2.56. The van der Waals surface area contributed by atoms with Crippen LogP contribution in [0.25, 0.3) is 10.8 Å². The first-order chi connectivity index (χ1) is 8.38. The van der Waals surface area contributed by atoms with E-state index in [1.54, 1.807) is 0 Å². The number of Topliss-reactive ketones (excluding diaryl/α,β-unsaturated/α-hetero) is 1. The van der Waals surface area contributed by atoms with E-state index in [0.29, 0.717) is 6.42 Å². The van der Waals surface area contributed by atoms with Gasteiger partial charge in [-0.05, 0) is 28.7 Å². The van der Waals surface area contributed by atoms with E-state index >= 15 is 0 Å². The number of carbonyl (C=O) groups is 1. The van der Waals surface area contributed by atoms with Crippen LogP contribution in [0.3, 0.4) is 0 Å². The monoisotopic (exact) mass is 240 g/mol. The van der Waals surface area contributed by atoms with Gasteiger partial charge in [-0.2, -0.15) is 0 Å². The highest BCUT2D eigenvalue weighted by Gasteiger charge is 2.20. The number of hydrogen-bond acceptors (Lipinski definition) is 1. The lowest BCUT2D eigenvalue weighted by molar-refractivity contribution is 0.0941. The molecule has 0 bridgehead atoms. The summed E-state index contributed by atoms with van der Waals surface area (Å²) in [5.74, 6) is 0.247. The summed E-state index contributed by atoms with van der Waals surface area (Å²) in [6.07, 6.45) is 0.585. The van der Waals surface area contributed by atoms with Crippen LogP contribution in [0, 0.1) is 12.3 Å². The minimum atomic E-state index is 0.0282. The number of aryl methyl sites for hydroxylation is 1. The SMILES string of the molecule is Cc1ccc2ccccc2c1C(=O)CC(C)(C)C. The Morgan fingerprint density at radius 1 is 1.06 bits per heavy atom. The minimum absolute atomic E-state index is 0.0282. The van der Waals surface area contributed by atoms with Crippen molar-refractivity contribution in [3.8, 4) is 0 Å². The maximum absolute atomic E-state index is 12.5. The molecule has 0 aromatic heterocycles. The smallest absolute Gasteiger partial charge is 0.164 e. The maximum Gasteiger partial charge on any atom is 0.164 e. The van der Waals surface area contributed by atoms with Crippen LogP contribution in [0.2, 0.25) is 0 Å². The molecule has 0 spiro atoms. The Hall–Kier alpha value is -1.63. The van der Waals surface area contributed by atoms with Crippen molar-refractivity contribution >= 4 is 16.6 Å². The fraction of sp³-hybridized carbons (Fsp3) is 0.353. The van der Waals surface area contributed by atoms with Gasteiger partial charge < -0.3 is 0 Å². The van der Waals surface area contributed by atoms with Crippen LogP contribution >= 0.6 is 0 Å². The highest BCUT2D eigenvalue weighted by atomic mass is 16.1. The molecule has 0 aliphatic heterocycles. The van der Waals surface area contributed by atoms with Gasteiger partial charge in [-0.15, -0.1) is 0 Å². The highest BCUT2D eigenvalue weighted by molar-refractivity contribution is 6.09. The second-order valence-corrected chi connectivity index (χ2v) is 6.14. The van der Waals surface area contributed by atoms with E-state index in [4.69, 9.17) is 0 Å². The average Bonchev–Trinajstić information content (AvgIpc) is 2.26. The Kier molecular flexibility index (Phi) is 3.25. The Morgan fingerprint density at radius 3 is 2.39 bits per heavy atom. The number of ketones is 1. The molecule has 2 aromatic rings. The zero-order chi connectivity index (χ0) is 13.3. The van der Waals surface area contributed by atoms with Gasteiger partial charge in [0.1, 0.15) is 0 Å². The molecular formula is C17H20O. The van der Waals surface area contributed by atoms with Crippen molar-refractivity contribution in [2.24, 2.45) is 5.41 Å². The van der Waals surface area contributed by atoms with E-state index in [-0.39, 0.29) is 11.2 Å². The number of rotatable bonds is 2. The normalized spacial score (nSPS) is 11.8. The van der Waals surface area contributed by atoms with E-state index < -0.39 is 0 Å². The molecule has 1 nitrogen and oxygen atoms in total. The molecule has 2 aromatic carbocycles. The van der Waals surface area contributed by atoms with E-state index in [0.717, 1.165) is 21.9 Å². The van der Waals surface area contributed by atoms with E-state index in [2.05, 4.69) is 32.9 Å². The lowest BCUT2D eigenvalue weighted by Gasteiger charge is -2.18. The number of benzene rings is 2. The van der Waals surface area contributed by atoms with Crippen LogP contribution in [0.1, 0.15) is 43.1 Å². The summed E-state index contributed by atoms with van der Waals surface area (Å²) < 4.78 is 0. The van der Waals surface area contributed by atoms with Crippen LogP contribution in [0.5, 0.6) is 0 Å². The number of carbonyl (C=O) groups excluding carboxylic acids is 1. The van der Waals surface area contributed by atoms with E-state index in [1.165, 1.54) is 0 Å². The molecular weight excluding hydrogens is 220 g/mol. The third-order valence-corrected chi connectivity index (χ3v) is 3.11. The molecule has 2 rings (SSSR count). The van der Waals surface area contributed by atoms with Crippen LogP contribution in [0.4, 0.5) is 0 Å². The molecule has 0 heterocycles.